The van der Waals surface area contributed by atoms with E-state index in [0.717, 1.165) is 19.4 Å². The van der Waals surface area contributed by atoms with Crippen LogP contribution in [0.25, 0.3) is 0 Å². The summed E-state index contributed by atoms with van der Waals surface area (Å²) in [6.07, 6.45) is 6.23. The van der Waals surface area contributed by atoms with Crippen LogP contribution in [-0.2, 0) is 0 Å². The van der Waals surface area contributed by atoms with E-state index in [0.29, 0.717) is 11.4 Å². The summed E-state index contributed by atoms with van der Waals surface area (Å²) >= 11 is 0. The van der Waals surface area contributed by atoms with E-state index in [4.69, 9.17) is 0 Å². The van der Waals surface area contributed by atoms with Crippen LogP contribution in [0.3, 0.4) is 0 Å². The molecule has 0 aromatic carbocycles. The molecule has 1 aromatic heterocycles. The Morgan fingerprint density at radius 2 is 2.17 bits per heavy atom. The van der Waals surface area contributed by atoms with Crippen molar-refractivity contribution in [3.8, 4) is 0 Å². The molecule has 0 bridgehead atoms. The van der Waals surface area contributed by atoms with Gasteiger partial charge in [0.25, 0.3) is 5.91 Å². The van der Waals surface area contributed by atoms with Crippen molar-refractivity contribution in [1.82, 2.24) is 10.3 Å². The van der Waals surface area contributed by atoms with E-state index in [1.165, 1.54) is 12.8 Å². The zero-order valence-electron chi connectivity index (χ0n) is 11.1. The zero-order valence-corrected chi connectivity index (χ0v) is 11.1. The molecule has 0 saturated heterocycles. The fourth-order valence-corrected chi connectivity index (χ4v) is 2.52. The molecule has 2 rings (SSSR count). The Morgan fingerprint density at radius 1 is 1.44 bits per heavy atom. The highest BCUT2D eigenvalue weighted by Crippen LogP contribution is 2.29. The maximum atomic E-state index is 12.3. The van der Waals surface area contributed by atoms with E-state index < -0.39 is 0 Å². The summed E-state index contributed by atoms with van der Waals surface area (Å²) in [5, 5.41) is 6.27. The smallest absolute Gasteiger partial charge is 0.255 e. The van der Waals surface area contributed by atoms with E-state index in [2.05, 4.69) is 22.5 Å². The number of pyridine rings is 1. The van der Waals surface area contributed by atoms with E-state index in [9.17, 15) is 4.79 Å². The van der Waals surface area contributed by atoms with Gasteiger partial charge in [-0.2, -0.15) is 0 Å². The summed E-state index contributed by atoms with van der Waals surface area (Å²) in [5.41, 5.74) is 0.587. The van der Waals surface area contributed by atoms with Gasteiger partial charge in [0.15, 0.2) is 0 Å². The molecule has 1 heterocycles. The van der Waals surface area contributed by atoms with Crippen LogP contribution in [0.4, 0.5) is 5.82 Å². The second-order valence-electron chi connectivity index (χ2n) is 5.15. The van der Waals surface area contributed by atoms with Gasteiger partial charge in [-0.15, -0.1) is 0 Å². The van der Waals surface area contributed by atoms with Crippen molar-refractivity contribution in [2.24, 2.45) is 0 Å². The molecule has 1 fully saturated rings. The van der Waals surface area contributed by atoms with Crippen LogP contribution >= 0.6 is 0 Å². The lowest BCUT2D eigenvalue weighted by Gasteiger charge is -2.25. The number of rotatable bonds is 4. The number of nitrogens with zero attached hydrogens (tertiary/aromatic N) is 1. The van der Waals surface area contributed by atoms with Crippen molar-refractivity contribution in [2.75, 3.05) is 11.9 Å². The number of anilines is 1. The van der Waals surface area contributed by atoms with Gasteiger partial charge in [0.1, 0.15) is 5.82 Å². The first-order valence-corrected chi connectivity index (χ1v) is 6.66. The maximum Gasteiger partial charge on any atom is 0.255 e. The van der Waals surface area contributed by atoms with Gasteiger partial charge in [-0.3, -0.25) is 4.79 Å². The van der Waals surface area contributed by atoms with Crippen molar-refractivity contribution in [3.63, 3.8) is 0 Å². The first-order valence-electron chi connectivity index (χ1n) is 6.66. The molecule has 0 unspecified atom stereocenters. The van der Waals surface area contributed by atoms with Gasteiger partial charge in [-0.1, -0.05) is 12.8 Å². The molecule has 1 saturated carbocycles. The molecule has 4 heteroatoms. The fourth-order valence-electron chi connectivity index (χ4n) is 2.52. The summed E-state index contributed by atoms with van der Waals surface area (Å²) in [5.74, 6) is 0.641. The molecule has 18 heavy (non-hydrogen) atoms. The van der Waals surface area contributed by atoms with Crippen LogP contribution in [-0.4, -0.2) is 23.0 Å². The van der Waals surface area contributed by atoms with Crippen molar-refractivity contribution in [3.05, 3.63) is 23.9 Å². The Hall–Kier alpha value is -1.58. The van der Waals surface area contributed by atoms with Crippen LogP contribution in [0.1, 0.15) is 49.9 Å². The molecule has 1 aromatic rings. The van der Waals surface area contributed by atoms with E-state index in [-0.39, 0.29) is 11.4 Å². The second-order valence-corrected chi connectivity index (χ2v) is 5.15. The van der Waals surface area contributed by atoms with E-state index >= 15 is 0 Å². The minimum atomic E-state index is -0.0452. The standard InChI is InChI=1S/C14H21N3O/c1-3-15-12-11(7-6-10-16-12)13(18)17-14(2)8-4-5-9-14/h6-7,10H,3-5,8-9H2,1-2H3,(H,15,16)(H,17,18). The Morgan fingerprint density at radius 3 is 2.83 bits per heavy atom. The number of nitrogens with one attached hydrogen (secondary N) is 2. The molecule has 2 N–H and O–H groups in total. The second kappa shape index (κ2) is 5.38. The summed E-state index contributed by atoms with van der Waals surface area (Å²) in [4.78, 5) is 16.5. The van der Waals surface area contributed by atoms with Gasteiger partial charge in [0.2, 0.25) is 0 Å². The fraction of sp³-hybridized carbons (Fsp3) is 0.571. The van der Waals surface area contributed by atoms with Gasteiger partial charge in [0.05, 0.1) is 5.56 Å². The third-order valence-corrected chi connectivity index (χ3v) is 3.52. The normalized spacial score (nSPS) is 17.4. The average Bonchev–Trinajstić information content (AvgIpc) is 2.77. The quantitative estimate of drug-likeness (QED) is 0.859. The molecule has 0 radical (unpaired) electrons. The van der Waals surface area contributed by atoms with Crippen LogP contribution in [0, 0.1) is 0 Å². The SMILES string of the molecule is CCNc1ncccc1C(=O)NC1(C)CCCC1. The lowest BCUT2D eigenvalue weighted by atomic mass is 10.00. The van der Waals surface area contributed by atoms with Gasteiger partial charge in [-0.05, 0) is 38.8 Å². The topological polar surface area (TPSA) is 54.0 Å². The molecule has 0 spiro atoms. The Balaban J connectivity index is 2.13. The highest BCUT2D eigenvalue weighted by Gasteiger charge is 2.30. The lowest BCUT2D eigenvalue weighted by molar-refractivity contribution is 0.0908. The average molecular weight is 247 g/mol. The molecule has 98 valence electrons. The van der Waals surface area contributed by atoms with Crippen molar-refractivity contribution >= 4 is 11.7 Å². The third-order valence-electron chi connectivity index (χ3n) is 3.52. The first kappa shape index (κ1) is 12.9. The number of hydrogen-bond acceptors (Lipinski definition) is 3. The number of hydrogen-bond donors (Lipinski definition) is 2. The van der Waals surface area contributed by atoms with Crippen LogP contribution in [0.5, 0.6) is 0 Å². The van der Waals surface area contributed by atoms with Crippen molar-refractivity contribution < 1.29 is 4.79 Å². The highest BCUT2D eigenvalue weighted by atomic mass is 16.1. The van der Waals surface area contributed by atoms with Gasteiger partial charge < -0.3 is 10.6 Å². The molecule has 4 nitrogen and oxygen atoms in total. The van der Waals surface area contributed by atoms with Gasteiger partial charge in [-0.25, -0.2) is 4.98 Å². The number of carbonyl (C=O) groups is 1. The molecule has 0 atom stereocenters. The lowest BCUT2D eigenvalue weighted by Crippen LogP contribution is -2.43. The van der Waals surface area contributed by atoms with Crippen LogP contribution in [0.15, 0.2) is 18.3 Å². The largest absolute Gasteiger partial charge is 0.370 e. The molecule has 1 amide bonds. The zero-order chi connectivity index (χ0) is 13.0. The maximum absolute atomic E-state index is 12.3. The van der Waals surface area contributed by atoms with E-state index in [1.54, 1.807) is 12.3 Å². The Kier molecular flexibility index (Phi) is 3.84. The molecular formula is C14H21N3O. The number of carbonyl (C=O) groups excluding carboxylic acids is 1. The van der Waals surface area contributed by atoms with Crippen LogP contribution in [0.2, 0.25) is 0 Å². The third kappa shape index (κ3) is 2.81. The number of aromatic nitrogens is 1. The monoisotopic (exact) mass is 247 g/mol. The Bertz CT molecular complexity index is 425. The summed E-state index contributed by atoms with van der Waals surface area (Å²) in [6.45, 7) is 4.88. The minimum Gasteiger partial charge on any atom is -0.370 e. The van der Waals surface area contributed by atoms with Crippen LogP contribution < -0.4 is 10.6 Å². The molecule has 1 aliphatic rings. The summed E-state index contributed by atoms with van der Waals surface area (Å²) in [6, 6.07) is 3.62. The predicted octanol–water partition coefficient (Wildman–Crippen LogP) is 2.58. The molecule has 1 aliphatic carbocycles. The van der Waals surface area contributed by atoms with Crippen molar-refractivity contribution in [1.29, 1.82) is 0 Å². The Labute approximate surface area is 108 Å². The predicted molar refractivity (Wildman–Crippen MR) is 72.7 cm³/mol. The van der Waals surface area contributed by atoms with Gasteiger partial charge in [0, 0.05) is 18.3 Å². The molecule has 0 aliphatic heterocycles. The van der Waals surface area contributed by atoms with E-state index in [1.807, 2.05) is 13.0 Å². The summed E-state index contributed by atoms with van der Waals surface area (Å²) < 4.78 is 0. The first-order chi connectivity index (χ1) is 8.64. The summed E-state index contributed by atoms with van der Waals surface area (Å²) in [7, 11) is 0. The van der Waals surface area contributed by atoms with Crippen molar-refractivity contribution in [2.45, 2.75) is 45.1 Å². The molecular weight excluding hydrogens is 226 g/mol. The highest BCUT2D eigenvalue weighted by molar-refractivity contribution is 5.99. The van der Waals surface area contributed by atoms with Gasteiger partial charge >= 0.3 is 0 Å². The number of amides is 1. The minimum absolute atomic E-state index is 0.0246.